The average Bonchev–Trinajstić information content (AvgIpc) is 2.87. The maximum atomic E-state index is 6.05. The number of H-pyrrole nitrogens is 1. The Labute approximate surface area is 119 Å². The highest BCUT2D eigenvalue weighted by Crippen LogP contribution is 2.36. The summed E-state index contributed by atoms with van der Waals surface area (Å²) >= 11 is 0. The molecule has 1 fully saturated rings. The molecule has 1 aromatic carbocycles. The summed E-state index contributed by atoms with van der Waals surface area (Å²) in [6.07, 6.45) is 0. The first-order chi connectivity index (χ1) is 9.32. The van der Waals surface area contributed by atoms with E-state index in [1.54, 1.807) is 7.11 Å². The van der Waals surface area contributed by atoms with Gasteiger partial charge in [-0.15, -0.1) is 0 Å². The molecule has 0 unspecified atom stereocenters. The van der Waals surface area contributed by atoms with E-state index in [0.717, 1.165) is 22.2 Å². The minimum absolute atomic E-state index is 0.327. The molecule has 3 rings (SSSR count). The van der Waals surface area contributed by atoms with Gasteiger partial charge in [-0.25, -0.2) is 0 Å². The van der Waals surface area contributed by atoms with Crippen LogP contribution in [0.1, 0.15) is 27.7 Å². The lowest BCUT2D eigenvalue weighted by molar-refractivity contribution is 0.00578. The summed E-state index contributed by atoms with van der Waals surface area (Å²) in [7, 11) is 1.30. The van der Waals surface area contributed by atoms with Gasteiger partial charge in [0.1, 0.15) is 5.75 Å². The molecule has 0 bridgehead atoms. The van der Waals surface area contributed by atoms with E-state index in [4.69, 9.17) is 14.0 Å². The van der Waals surface area contributed by atoms with E-state index in [2.05, 4.69) is 38.7 Å². The molecule has 1 saturated heterocycles. The molecule has 1 N–H and O–H groups in total. The average molecular weight is 273 g/mol. The number of rotatable bonds is 2. The van der Waals surface area contributed by atoms with Crippen molar-refractivity contribution in [2.75, 3.05) is 7.11 Å². The van der Waals surface area contributed by atoms with Gasteiger partial charge in [-0.3, -0.25) is 0 Å². The molecular weight excluding hydrogens is 253 g/mol. The van der Waals surface area contributed by atoms with Gasteiger partial charge < -0.3 is 19.0 Å². The lowest BCUT2D eigenvalue weighted by atomic mass is 9.85. The summed E-state index contributed by atoms with van der Waals surface area (Å²) in [5.74, 6) is 0.833. The second kappa shape index (κ2) is 4.27. The summed E-state index contributed by atoms with van der Waals surface area (Å²) in [6.45, 7) is 8.22. The lowest BCUT2D eigenvalue weighted by Gasteiger charge is -2.32. The van der Waals surface area contributed by atoms with Crippen LogP contribution in [0.15, 0.2) is 24.3 Å². The summed E-state index contributed by atoms with van der Waals surface area (Å²) < 4.78 is 17.3. The van der Waals surface area contributed by atoms with E-state index in [-0.39, 0.29) is 18.3 Å². The van der Waals surface area contributed by atoms with Crippen LogP contribution in [0.25, 0.3) is 10.9 Å². The summed E-state index contributed by atoms with van der Waals surface area (Å²) in [6, 6.07) is 8.02. The minimum atomic E-state index is -0.363. The quantitative estimate of drug-likeness (QED) is 0.855. The van der Waals surface area contributed by atoms with E-state index in [0.29, 0.717) is 0 Å². The molecule has 106 valence electrons. The Morgan fingerprint density at radius 3 is 2.30 bits per heavy atom. The number of ether oxygens (including phenoxy) is 1. The SMILES string of the molecule is COc1ccc2cc(B3OC(C)(C)C(C)(C)O3)[nH]c2c1. The van der Waals surface area contributed by atoms with Crippen LogP contribution in [0.5, 0.6) is 5.75 Å². The molecule has 4 nitrogen and oxygen atoms in total. The summed E-state index contributed by atoms with van der Waals surface area (Å²) in [5.41, 5.74) is 1.31. The highest BCUT2D eigenvalue weighted by atomic mass is 16.7. The second-order valence-electron chi connectivity index (χ2n) is 6.27. The molecule has 0 aliphatic carbocycles. The zero-order chi connectivity index (χ0) is 14.5. The van der Waals surface area contributed by atoms with Crippen molar-refractivity contribution in [3.05, 3.63) is 24.3 Å². The van der Waals surface area contributed by atoms with Gasteiger partial charge in [0.25, 0.3) is 0 Å². The Hall–Kier alpha value is -1.46. The van der Waals surface area contributed by atoms with Crippen LogP contribution in [0.3, 0.4) is 0 Å². The van der Waals surface area contributed by atoms with Crippen molar-refractivity contribution in [1.82, 2.24) is 4.98 Å². The van der Waals surface area contributed by atoms with Gasteiger partial charge in [-0.1, -0.05) is 0 Å². The predicted molar refractivity (Wildman–Crippen MR) is 80.6 cm³/mol. The van der Waals surface area contributed by atoms with Crippen molar-refractivity contribution in [2.24, 2.45) is 0 Å². The van der Waals surface area contributed by atoms with Crippen LogP contribution >= 0.6 is 0 Å². The van der Waals surface area contributed by atoms with Crippen LogP contribution in [0, 0.1) is 0 Å². The Morgan fingerprint density at radius 2 is 1.70 bits per heavy atom. The van der Waals surface area contributed by atoms with Crippen LogP contribution in [0.2, 0.25) is 0 Å². The molecule has 20 heavy (non-hydrogen) atoms. The smallest absolute Gasteiger partial charge is 0.497 e. The van der Waals surface area contributed by atoms with E-state index in [1.807, 2.05) is 18.2 Å². The molecule has 2 heterocycles. The van der Waals surface area contributed by atoms with Gasteiger partial charge in [-0.05, 0) is 51.3 Å². The third-order valence-electron chi connectivity index (χ3n) is 4.36. The van der Waals surface area contributed by atoms with Crippen LogP contribution in [0.4, 0.5) is 0 Å². The maximum absolute atomic E-state index is 6.05. The number of fused-ring (bicyclic) bond motifs is 1. The fourth-order valence-corrected chi connectivity index (χ4v) is 2.35. The Bertz CT molecular complexity index is 632. The number of methoxy groups -OCH3 is 1. The number of hydrogen-bond donors (Lipinski definition) is 1. The molecule has 1 aliphatic heterocycles. The number of aromatic amines is 1. The third kappa shape index (κ3) is 2.01. The Morgan fingerprint density at radius 1 is 1.05 bits per heavy atom. The zero-order valence-corrected chi connectivity index (χ0v) is 12.6. The topological polar surface area (TPSA) is 43.5 Å². The van der Waals surface area contributed by atoms with Crippen molar-refractivity contribution in [3.8, 4) is 5.75 Å². The highest BCUT2D eigenvalue weighted by molar-refractivity contribution is 6.61. The molecule has 0 spiro atoms. The van der Waals surface area contributed by atoms with Gasteiger partial charge in [0.2, 0.25) is 0 Å². The zero-order valence-electron chi connectivity index (χ0n) is 12.6. The maximum Gasteiger partial charge on any atom is 0.512 e. The molecule has 5 heteroatoms. The molecule has 2 aromatic rings. The van der Waals surface area contributed by atoms with Gasteiger partial charge in [0, 0.05) is 17.2 Å². The van der Waals surface area contributed by atoms with Gasteiger partial charge in [-0.2, -0.15) is 0 Å². The molecule has 0 amide bonds. The molecular formula is C15H20BNO3. The molecule has 1 aliphatic rings. The number of benzene rings is 1. The van der Waals surface area contributed by atoms with Crippen LogP contribution in [-0.4, -0.2) is 30.4 Å². The number of nitrogens with one attached hydrogen (secondary N) is 1. The normalized spacial score (nSPS) is 20.6. The highest BCUT2D eigenvalue weighted by Gasteiger charge is 2.52. The Kier molecular flexibility index (Phi) is 2.89. The Balaban J connectivity index is 1.96. The largest absolute Gasteiger partial charge is 0.512 e. The van der Waals surface area contributed by atoms with Crippen LogP contribution in [-0.2, 0) is 9.31 Å². The predicted octanol–water partition coefficient (Wildman–Crippen LogP) is 2.48. The first-order valence-electron chi connectivity index (χ1n) is 6.85. The van der Waals surface area contributed by atoms with Gasteiger partial charge in [0.05, 0.1) is 18.3 Å². The number of hydrogen-bond acceptors (Lipinski definition) is 3. The second-order valence-corrected chi connectivity index (χ2v) is 6.27. The monoisotopic (exact) mass is 273 g/mol. The first-order valence-corrected chi connectivity index (χ1v) is 6.85. The standard InChI is InChI=1S/C15H20BNO3/c1-14(2)15(3,4)20-16(19-14)13-8-10-6-7-11(18-5)9-12(10)17-13/h6-9,17H,1-5H3. The van der Waals surface area contributed by atoms with E-state index < -0.39 is 0 Å². The third-order valence-corrected chi connectivity index (χ3v) is 4.36. The summed E-state index contributed by atoms with van der Waals surface area (Å²) in [5, 5.41) is 1.12. The fraction of sp³-hybridized carbons (Fsp3) is 0.467. The molecule has 0 radical (unpaired) electrons. The van der Waals surface area contributed by atoms with Crippen molar-refractivity contribution in [1.29, 1.82) is 0 Å². The fourth-order valence-electron chi connectivity index (χ4n) is 2.35. The first kappa shape index (κ1) is 13.5. The van der Waals surface area contributed by atoms with Crippen molar-refractivity contribution in [3.63, 3.8) is 0 Å². The molecule has 0 saturated carbocycles. The minimum Gasteiger partial charge on any atom is -0.497 e. The van der Waals surface area contributed by atoms with E-state index in [1.165, 1.54) is 0 Å². The van der Waals surface area contributed by atoms with E-state index in [9.17, 15) is 0 Å². The number of aromatic nitrogens is 1. The van der Waals surface area contributed by atoms with Crippen molar-refractivity contribution in [2.45, 2.75) is 38.9 Å². The lowest BCUT2D eigenvalue weighted by Crippen LogP contribution is -2.41. The van der Waals surface area contributed by atoms with Gasteiger partial charge >= 0.3 is 7.12 Å². The molecule has 0 atom stereocenters. The van der Waals surface area contributed by atoms with Gasteiger partial charge in [0.15, 0.2) is 0 Å². The summed E-state index contributed by atoms with van der Waals surface area (Å²) in [4.78, 5) is 3.36. The van der Waals surface area contributed by atoms with Crippen molar-refractivity contribution < 1.29 is 14.0 Å². The molecule has 1 aromatic heterocycles. The van der Waals surface area contributed by atoms with E-state index >= 15 is 0 Å². The van der Waals surface area contributed by atoms with Crippen molar-refractivity contribution >= 4 is 23.6 Å². The van der Waals surface area contributed by atoms with Crippen LogP contribution < -0.4 is 10.3 Å².